The van der Waals surface area contributed by atoms with E-state index in [1.54, 1.807) is 16.7 Å². The van der Waals surface area contributed by atoms with Gasteiger partial charge in [0.25, 0.3) is 0 Å². The van der Waals surface area contributed by atoms with Gasteiger partial charge >= 0.3 is 0 Å². The van der Waals surface area contributed by atoms with Crippen LogP contribution >= 0.6 is 0 Å². The molecule has 0 radical (unpaired) electrons. The Bertz CT molecular complexity index is 1110. The molecule has 1 atom stereocenters. The van der Waals surface area contributed by atoms with Gasteiger partial charge in [0.1, 0.15) is 18.1 Å². The fraction of sp³-hybridized carbons (Fsp3) is 0.462. The highest BCUT2D eigenvalue weighted by Crippen LogP contribution is 2.25. The standard InChI is InChI=1S/C26H35N5O3/c1-6-19-12-14-20(15-13-19)24(25(33)27-26(3,4)7-2)30(16-17-34-5)23(32)18-31-22-11-9-8-10-21(22)28-29-31/h8-15,24H,6-7,16-18H2,1-5H3,(H,27,33)/t24-/m1/s1. The maximum Gasteiger partial charge on any atom is 0.247 e. The van der Waals surface area contributed by atoms with Crippen LogP contribution < -0.4 is 5.32 Å². The van der Waals surface area contributed by atoms with Gasteiger partial charge in [0.15, 0.2) is 0 Å². The highest BCUT2D eigenvalue weighted by Gasteiger charge is 2.34. The van der Waals surface area contributed by atoms with E-state index in [1.165, 1.54) is 5.56 Å². The van der Waals surface area contributed by atoms with Crippen molar-refractivity contribution in [3.8, 4) is 0 Å². The minimum absolute atomic E-state index is 0.0295. The number of aromatic nitrogens is 3. The van der Waals surface area contributed by atoms with Crippen LogP contribution in [0.3, 0.4) is 0 Å². The summed E-state index contributed by atoms with van der Waals surface area (Å²) in [4.78, 5) is 28.8. The van der Waals surface area contributed by atoms with E-state index < -0.39 is 11.6 Å². The third-order valence-electron chi connectivity index (χ3n) is 6.17. The van der Waals surface area contributed by atoms with Crippen LogP contribution in [0.15, 0.2) is 48.5 Å². The molecule has 0 saturated heterocycles. The molecule has 3 rings (SSSR count). The molecule has 0 aliphatic rings. The molecule has 0 fully saturated rings. The summed E-state index contributed by atoms with van der Waals surface area (Å²) < 4.78 is 6.86. The smallest absolute Gasteiger partial charge is 0.247 e. The molecule has 0 unspecified atom stereocenters. The molecule has 34 heavy (non-hydrogen) atoms. The number of amides is 2. The van der Waals surface area contributed by atoms with Crippen molar-refractivity contribution >= 4 is 22.8 Å². The van der Waals surface area contributed by atoms with Crippen LogP contribution in [0.4, 0.5) is 0 Å². The molecule has 182 valence electrons. The van der Waals surface area contributed by atoms with E-state index in [9.17, 15) is 9.59 Å². The number of para-hydroxylation sites is 1. The minimum Gasteiger partial charge on any atom is -0.383 e. The van der Waals surface area contributed by atoms with Gasteiger partial charge in [-0.05, 0) is 49.9 Å². The van der Waals surface area contributed by atoms with E-state index in [4.69, 9.17) is 4.74 Å². The average molecular weight is 466 g/mol. The SMILES string of the molecule is CCc1ccc([C@H](C(=O)NC(C)(C)CC)N(CCOC)C(=O)Cn2nnc3ccccc32)cc1. The molecular weight excluding hydrogens is 430 g/mol. The topological polar surface area (TPSA) is 89.4 Å². The molecule has 1 aromatic heterocycles. The lowest BCUT2D eigenvalue weighted by Crippen LogP contribution is -2.51. The van der Waals surface area contributed by atoms with Gasteiger partial charge in [0, 0.05) is 19.2 Å². The van der Waals surface area contributed by atoms with Crippen molar-refractivity contribution in [2.75, 3.05) is 20.3 Å². The second-order valence-corrected chi connectivity index (χ2v) is 9.04. The lowest BCUT2D eigenvalue weighted by molar-refractivity contribution is -0.142. The number of hydrogen-bond acceptors (Lipinski definition) is 5. The maximum atomic E-state index is 13.6. The third-order valence-corrected chi connectivity index (χ3v) is 6.17. The molecule has 0 aliphatic heterocycles. The van der Waals surface area contributed by atoms with E-state index in [0.29, 0.717) is 12.1 Å². The van der Waals surface area contributed by atoms with Crippen LogP contribution in [0.5, 0.6) is 0 Å². The summed E-state index contributed by atoms with van der Waals surface area (Å²) >= 11 is 0. The lowest BCUT2D eigenvalue weighted by Gasteiger charge is -2.34. The first-order valence-electron chi connectivity index (χ1n) is 11.8. The molecule has 1 heterocycles. The Kier molecular flexibility index (Phi) is 8.39. The van der Waals surface area contributed by atoms with Crippen molar-refractivity contribution in [1.29, 1.82) is 0 Å². The summed E-state index contributed by atoms with van der Waals surface area (Å²) in [6, 6.07) is 14.6. The molecule has 8 nitrogen and oxygen atoms in total. The lowest BCUT2D eigenvalue weighted by atomic mass is 9.97. The Morgan fingerprint density at radius 2 is 1.82 bits per heavy atom. The van der Waals surface area contributed by atoms with Gasteiger partial charge in [-0.3, -0.25) is 9.59 Å². The van der Waals surface area contributed by atoms with Crippen LogP contribution in [-0.4, -0.2) is 57.5 Å². The summed E-state index contributed by atoms with van der Waals surface area (Å²) in [5.74, 6) is -0.453. The van der Waals surface area contributed by atoms with Crippen LogP contribution in [0.2, 0.25) is 0 Å². The van der Waals surface area contributed by atoms with Crippen molar-refractivity contribution in [3.05, 3.63) is 59.7 Å². The van der Waals surface area contributed by atoms with Crippen LogP contribution in [0.25, 0.3) is 11.0 Å². The van der Waals surface area contributed by atoms with E-state index in [-0.39, 0.29) is 24.9 Å². The van der Waals surface area contributed by atoms with Gasteiger partial charge in [0.05, 0.1) is 12.1 Å². The molecule has 3 aromatic rings. The summed E-state index contributed by atoms with van der Waals surface area (Å²) in [6.07, 6.45) is 1.66. The quantitative estimate of drug-likeness (QED) is 0.468. The number of methoxy groups -OCH3 is 1. The van der Waals surface area contributed by atoms with Gasteiger partial charge < -0.3 is 15.0 Å². The number of fused-ring (bicyclic) bond motifs is 1. The number of nitrogens with one attached hydrogen (secondary N) is 1. The first-order valence-corrected chi connectivity index (χ1v) is 11.8. The summed E-state index contributed by atoms with van der Waals surface area (Å²) in [5, 5.41) is 11.4. The zero-order valence-corrected chi connectivity index (χ0v) is 20.7. The highest BCUT2D eigenvalue weighted by atomic mass is 16.5. The number of nitrogens with zero attached hydrogens (tertiary/aromatic N) is 4. The maximum absolute atomic E-state index is 13.6. The highest BCUT2D eigenvalue weighted by molar-refractivity contribution is 5.89. The molecular formula is C26H35N5O3. The average Bonchev–Trinajstić information content (AvgIpc) is 3.24. The molecule has 0 saturated carbocycles. The van der Waals surface area contributed by atoms with E-state index in [1.807, 2.05) is 69.3 Å². The van der Waals surface area contributed by atoms with Gasteiger partial charge in [-0.2, -0.15) is 0 Å². The van der Waals surface area contributed by atoms with Crippen molar-refractivity contribution in [2.45, 2.75) is 58.7 Å². The molecule has 2 amide bonds. The van der Waals surface area contributed by atoms with Gasteiger partial charge in [0.2, 0.25) is 11.8 Å². The number of aryl methyl sites for hydroxylation is 1. The summed E-state index contributed by atoms with van der Waals surface area (Å²) in [6.45, 7) is 8.60. The van der Waals surface area contributed by atoms with Gasteiger partial charge in [-0.25, -0.2) is 4.68 Å². The van der Waals surface area contributed by atoms with E-state index >= 15 is 0 Å². The van der Waals surface area contributed by atoms with Crippen molar-refractivity contribution in [3.63, 3.8) is 0 Å². The number of hydrogen-bond donors (Lipinski definition) is 1. The first-order chi connectivity index (χ1) is 16.3. The Labute approximate surface area is 201 Å². The number of carbonyl (C=O) groups is 2. The minimum atomic E-state index is -0.797. The number of rotatable bonds is 11. The van der Waals surface area contributed by atoms with Crippen molar-refractivity contribution in [2.24, 2.45) is 0 Å². The molecule has 8 heteroatoms. The largest absolute Gasteiger partial charge is 0.383 e. The second kappa shape index (κ2) is 11.2. The Morgan fingerprint density at radius 3 is 2.47 bits per heavy atom. The number of carbonyl (C=O) groups excluding carboxylic acids is 2. The Morgan fingerprint density at radius 1 is 1.12 bits per heavy atom. The molecule has 1 N–H and O–H groups in total. The predicted octanol–water partition coefficient (Wildman–Crippen LogP) is 3.51. The molecule has 0 spiro atoms. The fourth-order valence-electron chi connectivity index (χ4n) is 3.74. The fourth-order valence-corrected chi connectivity index (χ4v) is 3.74. The summed E-state index contributed by atoms with van der Waals surface area (Å²) in [5.41, 5.74) is 3.00. The van der Waals surface area contributed by atoms with E-state index in [0.717, 1.165) is 23.9 Å². The van der Waals surface area contributed by atoms with Crippen molar-refractivity contribution in [1.82, 2.24) is 25.2 Å². The molecule has 0 bridgehead atoms. The van der Waals surface area contributed by atoms with Crippen LogP contribution in [-0.2, 0) is 27.3 Å². The third kappa shape index (κ3) is 5.99. The van der Waals surface area contributed by atoms with Gasteiger partial charge in [-0.1, -0.05) is 55.5 Å². The van der Waals surface area contributed by atoms with Crippen LogP contribution in [0.1, 0.15) is 51.3 Å². The monoisotopic (exact) mass is 465 g/mol. The van der Waals surface area contributed by atoms with E-state index in [2.05, 4.69) is 22.6 Å². The zero-order chi connectivity index (χ0) is 24.7. The van der Waals surface area contributed by atoms with Crippen LogP contribution in [0, 0.1) is 0 Å². The molecule has 0 aliphatic carbocycles. The van der Waals surface area contributed by atoms with Gasteiger partial charge in [-0.15, -0.1) is 5.10 Å². The summed E-state index contributed by atoms with van der Waals surface area (Å²) in [7, 11) is 1.58. The second-order valence-electron chi connectivity index (χ2n) is 9.04. The number of benzene rings is 2. The Hall–Kier alpha value is -3.26. The number of ether oxygens (including phenoxy) is 1. The van der Waals surface area contributed by atoms with Crippen molar-refractivity contribution < 1.29 is 14.3 Å². The Balaban J connectivity index is 1.98. The first kappa shape index (κ1) is 25.4. The normalized spacial score (nSPS) is 12.5. The molecule has 2 aromatic carbocycles. The predicted molar refractivity (Wildman–Crippen MR) is 132 cm³/mol. The zero-order valence-electron chi connectivity index (χ0n) is 20.7.